The maximum absolute atomic E-state index is 12.4. The monoisotopic (exact) mass is 318 g/mol. The molecule has 0 radical (unpaired) electrons. The van der Waals surface area contributed by atoms with E-state index < -0.39 is 0 Å². The van der Waals surface area contributed by atoms with Gasteiger partial charge in [0.2, 0.25) is 11.8 Å². The molecule has 8 heteroatoms. The van der Waals surface area contributed by atoms with Gasteiger partial charge in [-0.2, -0.15) is 0 Å². The molecule has 0 saturated heterocycles. The summed E-state index contributed by atoms with van der Waals surface area (Å²) in [6, 6.07) is 0. The molecule has 0 saturated carbocycles. The zero-order valence-electron chi connectivity index (χ0n) is 13.7. The summed E-state index contributed by atoms with van der Waals surface area (Å²) in [6.45, 7) is 7.21. The summed E-state index contributed by atoms with van der Waals surface area (Å²) in [4.78, 5) is 16.8. The summed E-state index contributed by atoms with van der Waals surface area (Å²) in [5.41, 5.74) is 0.828. The minimum absolute atomic E-state index is 0.0271. The molecule has 3 heterocycles. The molecule has 8 nitrogen and oxygen atoms in total. The normalized spacial score (nSPS) is 18.3. The Bertz CT molecular complexity index is 662. The second-order valence-electron chi connectivity index (χ2n) is 6.94. The van der Waals surface area contributed by atoms with Crippen molar-refractivity contribution in [3.8, 4) is 0 Å². The number of oxazole rings is 1. The number of aromatic nitrogens is 5. The number of aryl methyl sites for hydroxylation is 2. The van der Waals surface area contributed by atoms with Gasteiger partial charge in [-0.15, -0.1) is 5.10 Å². The number of fused-ring (bicyclic) bond motifs is 1. The molecule has 0 unspecified atom stereocenters. The molecule has 1 aliphatic heterocycles. The van der Waals surface area contributed by atoms with E-state index in [-0.39, 0.29) is 17.2 Å². The van der Waals surface area contributed by atoms with Crippen molar-refractivity contribution in [3.05, 3.63) is 23.7 Å². The van der Waals surface area contributed by atoms with Crippen LogP contribution < -0.4 is 5.32 Å². The quantitative estimate of drug-likeness (QED) is 0.914. The van der Waals surface area contributed by atoms with Crippen molar-refractivity contribution < 1.29 is 9.21 Å². The van der Waals surface area contributed by atoms with Gasteiger partial charge in [0, 0.05) is 24.3 Å². The predicted molar refractivity (Wildman–Crippen MR) is 81.3 cm³/mol. The third-order valence-electron chi connectivity index (χ3n) is 4.12. The molecule has 0 aliphatic carbocycles. The maximum atomic E-state index is 12.4. The molecule has 3 rings (SSSR count). The van der Waals surface area contributed by atoms with Gasteiger partial charge < -0.3 is 9.73 Å². The lowest BCUT2D eigenvalue weighted by molar-refractivity contribution is -0.125. The number of nitrogens with one attached hydrogen (secondary N) is 1. The number of hydrogen-bond donors (Lipinski definition) is 1. The van der Waals surface area contributed by atoms with E-state index in [1.165, 1.54) is 0 Å². The number of carbonyl (C=O) groups is 1. The number of amides is 1. The zero-order valence-corrected chi connectivity index (χ0v) is 13.7. The van der Waals surface area contributed by atoms with Gasteiger partial charge >= 0.3 is 0 Å². The Morgan fingerprint density at radius 1 is 1.43 bits per heavy atom. The first-order valence-corrected chi connectivity index (χ1v) is 7.91. The van der Waals surface area contributed by atoms with Crippen LogP contribution in [0, 0.1) is 5.92 Å². The van der Waals surface area contributed by atoms with Gasteiger partial charge in [0.1, 0.15) is 6.26 Å². The number of tetrazole rings is 1. The van der Waals surface area contributed by atoms with E-state index in [0.717, 1.165) is 30.8 Å². The van der Waals surface area contributed by atoms with Crippen LogP contribution in [0.2, 0.25) is 0 Å². The van der Waals surface area contributed by atoms with Crippen LogP contribution in [0.3, 0.4) is 0 Å². The van der Waals surface area contributed by atoms with Crippen molar-refractivity contribution in [2.75, 3.05) is 0 Å². The molecule has 1 atom stereocenters. The topological polar surface area (TPSA) is 98.7 Å². The van der Waals surface area contributed by atoms with Gasteiger partial charge in [-0.25, -0.2) is 9.67 Å². The summed E-state index contributed by atoms with van der Waals surface area (Å²) in [6.07, 6.45) is 3.87. The number of nitrogens with zero attached hydrogens (tertiary/aromatic N) is 5. The van der Waals surface area contributed by atoms with Crippen LogP contribution in [0.5, 0.6) is 0 Å². The van der Waals surface area contributed by atoms with Crippen molar-refractivity contribution in [1.82, 2.24) is 30.5 Å². The molecule has 0 fully saturated rings. The molecular weight excluding hydrogens is 296 g/mol. The van der Waals surface area contributed by atoms with Crippen molar-refractivity contribution in [3.63, 3.8) is 0 Å². The number of carbonyl (C=O) groups excluding carboxylic acids is 1. The third-order valence-corrected chi connectivity index (χ3v) is 4.12. The van der Waals surface area contributed by atoms with Gasteiger partial charge in [0.05, 0.1) is 12.2 Å². The molecule has 0 bridgehead atoms. The van der Waals surface area contributed by atoms with Gasteiger partial charge in [-0.05, 0) is 23.3 Å². The highest BCUT2D eigenvalue weighted by Gasteiger charge is 2.24. The lowest BCUT2D eigenvalue weighted by Crippen LogP contribution is -2.30. The Morgan fingerprint density at radius 2 is 2.26 bits per heavy atom. The van der Waals surface area contributed by atoms with Gasteiger partial charge in [0.25, 0.3) is 0 Å². The second-order valence-corrected chi connectivity index (χ2v) is 6.94. The van der Waals surface area contributed by atoms with E-state index >= 15 is 0 Å². The molecule has 1 N–H and O–H groups in total. The SMILES string of the molecule is CC(C)(C)c1coc(CNC(=O)[C@H]2CCc3nnnn3CC2)n1. The fourth-order valence-electron chi connectivity index (χ4n) is 2.61. The Labute approximate surface area is 134 Å². The first-order valence-electron chi connectivity index (χ1n) is 7.91. The van der Waals surface area contributed by atoms with Gasteiger partial charge in [-0.1, -0.05) is 20.8 Å². The summed E-state index contributed by atoms with van der Waals surface area (Å²) >= 11 is 0. The average molecular weight is 318 g/mol. The molecule has 1 amide bonds. The van der Waals surface area contributed by atoms with Crippen LogP contribution in [-0.4, -0.2) is 31.1 Å². The number of hydrogen-bond acceptors (Lipinski definition) is 6. The number of rotatable bonds is 3. The van der Waals surface area contributed by atoms with Crippen molar-refractivity contribution in [2.45, 2.75) is 58.5 Å². The van der Waals surface area contributed by atoms with Crippen molar-refractivity contribution in [1.29, 1.82) is 0 Å². The van der Waals surface area contributed by atoms with Crippen molar-refractivity contribution >= 4 is 5.91 Å². The smallest absolute Gasteiger partial charge is 0.223 e. The molecule has 124 valence electrons. The molecule has 2 aromatic heterocycles. The third kappa shape index (κ3) is 3.57. The van der Waals surface area contributed by atoms with Gasteiger partial charge in [0.15, 0.2) is 5.82 Å². The van der Waals surface area contributed by atoms with Gasteiger partial charge in [-0.3, -0.25) is 4.79 Å². The van der Waals surface area contributed by atoms with E-state index in [9.17, 15) is 4.79 Å². The molecule has 2 aromatic rings. The molecule has 0 aromatic carbocycles. The largest absolute Gasteiger partial charge is 0.447 e. The standard InChI is InChI=1S/C15H22N6O2/c1-15(2,3)11-9-23-13(17-11)8-16-14(22)10-4-5-12-18-19-20-21(12)7-6-10/h9-10H,4-8H2,1-3H3,(H,16,22)/t10-/m0/s1. The van der Waals surface area contributed by atoms with E-state index in [4.69, 9.17) is 4.42 Å². The highest BCUT2D eigenvalue weighted by atomic mass is 16.3. The average Bonchev–Trinajstić information content (AvgIpc) is 3.10. The molecule has 1 aliphatic rings. The Morgan fingerprint density at radius 3 is 3.00 bits per heavy atom. The Kier molecular flexibility index (Phi) is 4.14. The second kappa shape index (κ2) is 6.10. The minimum Gasteiger partial charge on any atom is -0.447 e. The highest BCUT2D eigenvalue weighted by molar-refractivity contribution is 5.78. The maximum Gasteiger partial charge on any atom is 0.223 e. The highest BCUT2D eigenvalue weighted by Crippen LogP contribution is 2.21. The van der Waals surface area contributed by atoms with Crippen LogP contribution in [0.4, 0.5) is 0 Å². The lowest BCUT2D eigenvalue weighted by Gasteiger charge is -2.13. The lowest BCUT2D eigenvalue weighted by atomic mass is 9.93. The predicted octanol–water partition coefficient (Wildman–Crippen LogP) is 1.23. The molecular formula is C15H22N6O2. The Balaban J connectivity index is 1.53. The molecule has 0 spiro atoms. The summed E-state index contributed by atoms with van der Waals surface area (Å²) in [5, 5.41) is 14.5. The van der Waals surface area contributed by atoms with E-state index in [1.54, 1.807) is 10.9 Å². The Hall–Kier alpha value is -2.25. The summed E-state index contributed by atoms with van der Waals surface area (Å²) in [5.74, 6) is 1.37. The van der Waals surface area contributed by atoms with Crippen molar-refractivity contribution in [2.24, 2.45) is 5.92 Å². The van der Waals surface area contributed by atoms with E-state index in [1.807, 2.05) is 0 Å². The zero-order chi connectivity index (χ0) is 16.4. The van der Waals surface area contributed by atoms with E-state index in [0.29, 0.717) is 19.0 Å². The molecule has 23 heavy (non-hydrogen) atoms. The fraction of sp³-hybridized carbons (Fsp3) is 0.667. The first kappa shape index (κ1) is 15.6. The fourth-order valence-corrected chi connectivity index (χ4v) is 2.61. The summed E-state index contributed by atoms with van der Waals surface area (Å²) in [7, 11) is 0. The van der Waals surface area contributed by atoms with E-state index in [2.05, 4.69) is 46.6 Å². The van der Waals surface area contributed by atoms with Crippen LogP contribution in [-0.2, 0) is 29.7 Å². The van der Waals surface area contributed by atoms with Crippen LogP contribution >= 0.6 is 0 Å². The van der Waals surface area contributed by atoms with Crippen LogP contribution in [0.1, 0.15) is 51.0 Å². The first-order chi connectivity index (χ1) is 10.9. The summed E-state index contributed by atoms with van der Waals surface area (Å²) < 4.78 is 7.21. The van der Waals surface area contributed by atoms with Crippen LogP contribution in [0.15, 0.2) is 10.7 Å². The van der Waals surface area contributed by atoms with Crippen LogP contribution in [0.25, 0.3) is 0 Å². The minimum atomic E-state index is -0.0610.